The van der Waals surface area contributed by atoms with E-state index in [1.165, 1.54) is 0 Å². The van der Waals surface area contributed by atoms with Crippen molar-refractivity contribution in [3.63, 3.8) is 0 Å². The lowest BCUT2D eigenvalue weighted by molar-refractivity contribution is 0.0844. The average Bonchev–Trinajstić information content (AvgIpc) is 2.49. The molecule has 2 heterocycles. The Balaban J connectivity index is 2.53. The third kappa shape index (κ3) is 1.53. The van der Waals surface area contributed by atoms with Gasteiger partial charge in [0.15, 0.2) is 5.94 Å². The zero-order valence-electron chi connectivity index (χ0n) is 12.3. The molecule has 0 spiro atoms. The smallest absolute Gasteiger partial charge is 0.259 e. The van der Waals surface area contributed by atoms with Crippen LogP contribution in [0.4, 0.5) is 0 Å². The highest BCUT2D eigenvalue weighted by atomic mass is 16.2. The molecule has 6 heteroatoms. The molecule has 112 valence electrons. The Morgan fingerprint density at radius 1 is 0.913 bits per heavy atom. The van der Waals surface area contributed by atoms with Crippen molar-refractivity contribution in [3.8, 4) is 0 Å². The van der Waals surface area contributed by atoms with E-state index >= 15 is 0 Å². The fraction of sp³-hybridized carbons (Fsp3) is 0.118. The molecule has 1 aromatic heterocycles. The Bertz CT molecular complexity index is 1210. The van der Waals surface area contributed by atoms with Crippen molar-refractivity contribution in [2.75, 3.05) is 0 Å². The van der Waals surface area contributed by atoms with Gasteiger partial charge in [-0.15, -0.1) is 0 Å². The zero-order chi connectivity index (χ0) is 16.5. The molecule has 0 atom stereocenters. The summed E-state index contributed by atoms with van der Waals surface area (Å²) in [7, 11) is 0. The van der Waals surface area contributed by atoms with Crippen LogP contribution in [0, 0.1) is 13.8 Å². The van der Waals surface area contributed by atoms with Gasteiger partial charge in [0.25, 0.3) is 17.4 Å². The van der Waals surface area contributed by atoms with E-state index < -0.39 is 17.4 Å². The number of amides is 2. The summed E-state index contributed by atoms with van der Waals surface area (Å²) in [4.78, 5) is 50.5. The van der Waals surface area contributed by atoms with Crippen LogP contribution >= 0.6 is 0 Å². The second-order valence-corrected chi connectivity index (χ2v) is 5.70. The van der Waals surface area contributed by atoms with E-state index in [0.717, 1.165) is 0 Å². The molecule has 2 N–H and O–H groups in total. The predicted octanol–water partition coefficient (Wildman–Crippen LogP) is 0.404. The van der Waals surface area contributed by atoms with E-state index in [-0.39, 0.29) is 5.35 Å². The van der Waals surface area contributed by atoms with Gasteiger partial charge < -0.3 is 4.98 Å². The van der Waals surface area contributed by atoms with E-state index in [0.29, 0.717) is 43.8 Å². The minimum absolute atomic E-state index is 0.0205. The van der Waals surface area contributed by atoms with Crippen LogP contribution in [0.3, 0.4) is 0 Å². The fourth-order valence-electron chi connectivity index (χ4n) is 3.42. The van der Waals surface area contributed by atoms with Gasteiger partial charge in [0, 0.05) is 21.7 Å². The Kier molecular flexibility index (Phi) is 2.42. The largest absolute Gasteiger partial charge is 0.312 e. The second-order valence-electron chi connectivity index (χ2n) is 5.70. The third-order valence-electron chi connectivity index (χ3n) is 4.33. The standard InChI is InChI=1S/C17H10N2O4/c1-6-3-8-10(5-20)18-16(22)11-7(2)4-9-14(13(8)11)12(6)17(23)19-15(9)21/h3-4H,1-2H3,(H,18,22)(H,19,21,23). The molecule has 0 saturated heterocycles. The van der Waals surface area contributed by atoms with Crippen molar-refractivity contribution in [3.05, 3.63) is 50.1 Å². The minimum atomic E-state index is -0.503. The molecule has 23 heavy (non-hydrogen) atoms. The quantitative estimate of drug-likeness (QED) is 0.588. The number of aryl methyl sites for hydroxylation is 2. The van der Waals surface area contributed by atoms with Crippen LogP contribution in [0.25, 0.3) is 21.5 Å². The van der Waals surface area contributed by atoms with Gasteiger partial charge >= 0.3 is 0 Å². The first-order chi connectivity index (χ1) is 10.9. The SMILES string of the molecule is Cc1cc2c(=C=O)[nH]c(=O)c3c(C)cc4c(c1C(=O)NC4=O)c23. The summed E-state index contributed by atoms with van der Waals surface area (Å²) < 4.78 is 0. The lowest BCUT2D eigenvalue weighted by Gasteiger charge is -2.21. The maximum Gasteiger partial charge on any atom is 0.259 e. The molecule has 4 rings (SSSR count). The zero-order valence-corrected chi connectivity index (χ0v) is 12.3. The number of rotatable bonds is 0. The number of hydrogen-bond acceptors (Lipinski definition) is 4. The van der Waals surface area contributed by atoms with Crippen molar-refractivity contribution in [1.29, 1.82) is 0 Å². The van der Waals surface area contributed by atoms with E-state index in [9.17, 15) is 19.2 Å². The maximum atomic E-state index is 12.3. The molecular formula is C17H10N2O4. The molecule has 2 amide bonds. The van der Waals surface area contributed by atoms with Gasteiger partial charge in [0.2, 0.25) is 0 Å². The fourth-order valence-corrected chi connectivity index (χ4v) is 3.42. The highest BCUT2D eigenvalue weighted by Crippen LogP contribution is 2.34. The van der Waals surface area contributed by atoms with Crippen LogP contribution in [-0.4, -0.2) is 22.7 Å². The topological polar surface area (TPSA) is 96.1 Å². The predicted molar refractivity (Wildman–Crippen MR) is 83.4 cm³/mol. The van der Waals surface area contributed by atoms with Crippen LogP contribution in [0.15, 0.2) is 16.9 Å². The summed E-state index contributed by atoms with van der Waals surface area (Å²) in [5.74, 6) is 0.729. The summed E-state index contributed by atoms with van der Waals surface area (Å²) in [6.45, 7) is 3.44. The summed E-state index contributed by atoms with van der Waals surface area (Å²) in [5.41, 5.74) is 1.49. The molecule has 6 nitrogen and oxygen atoms in total. The average molecular weight is 306 g/mol. The number of carbonyl (C=O) groups excluding carboxylic acids is 3. The molecule has 0 radical (unpaired) electrons. The van der Waals surface area contributed by atoms with Crippen LogP contribution in [0.5, 0.6) is 0 Å². The first kappa shape index (κ1) is 13.4. The number of carbonyl (C=O) groups is 2. The van der Waals surface area contributed by atoms with Gasteiger partial charge in [-0.2, -0.15) is 0 Å². The van der Waals surface area contributed by atoms with Gasteiger partial charge in [-0.3, -0.25) is 19.7 Å². The highest BCUT2D eigenvalue weighted by molar-refractivity contribution is 6.31. The number of nitrogens with one attached hydrogen (secondary N) is 2. The summed E-state index contributed by atoms with van der Waals surface area (Å²) in [6, 6.07) is 3.26. The molecule has 3 aromatic rings. The van der Waals surface area contributed by atoms with Gasteiger partial charge in [0.1, 0.15) is 5.35 Å². The molecular weight excluding hydrogens is 296 g/mol. The Labute approximate surface area is 128 Å². The number of benzene rings is 2. The third-order valence-corrected chi connectivity index (χ3v) is 4.33. The van der Waals surface area contributed by atoms with Crippen molar-refractivity contribution in [2.45, 2.75) is 13.8 Å². The number of pyridine rings is 1. The van der Waals surface area contributed by atoms with Crippen molar-refractivity contribution >= 4 is 39.3 Å². The Morgan fingerprint density at radius 3 is 2.35 bits per heavy atom. The van der Waals surface area contributed by atoms with Crippen LogP contribution in [0.1, 0.15) is 31.8 Å². The molecule has 1 aliphatic heterocycles. The number of imide groups is 1. The maximum absolute atomic E-state index is 12.3. The molecule has 0 bridgehead atoms. The van der Waals surface area contributed by atoms with E-state index in [1.807, 2.05) is 0 Å². The van der Waals surface area contributed by atoms with Crippen molar-refractivity contribution in [2.24, 2.45) is 0 Å². The van der Waals surface area contributed by atoms with Gasteiger partial charge in [-0.05, 0) is 37.1 Å². The highest BCUT2D eigenvalue weighted by Gasteiger charge is 2.29. The number of hydrogen-bond donors (Lipinski definition) is 2. The summed E-state index contributed by atoms with van der Waals surface area (Å²) >= 11 is 0. The van der Waals surface area contributed by atoms with Crippen LogP contribution in [0.2, 0.25) is 0 Å². The lowest BCUT2D eigenvalue weighted by atomic mass is 9.86. The molecule has 0 unspecified atom stereocenters. The molecule has 0 saturated carbocycles. The molecule has 0 fully saturated rings. The molecule has 0 aliphatic carbocycles. The van der Waals surface area contributed by atoms with E-state index in [2.05, 4.69) is 10.3 Å². The van der Waals surface area contributed by atoms with Gasteiger partial charge in [-0.1, -0.05) is 0 Å². The van der Waals surface area contributed by atoms with Gasteiger partial charge in [-0.25, -0.2) is 4.79 Å². The first-order valence-electron chi connectivity index (χ1n) is 6.97. The normalized spacial score (nSPS) is 13.5. The van der Waals surface area contributed by atoms with Gasteiger partial charge in [0.05, 0.1) is 10.9 Å². The molecule has 1 aliphatic rings. The lowest BCUT2D eigenvalue weighted by Crippen LogP contribution is -2.36. The van der Waals surface area contributed by atoms with E-state index in [1.54, 1.807) is 31.9 Å². The number of H-pyrrole nitrogens is 1. The Hall–Kier alpha value is -3.24. The monoisotopic (exact) mass is 306 g/mol. The minimum Gasteiger partial charge on any atom is -0.312 e. The van der Waals surface area contributed by atoms with Crippen molar-refractivity contribution < 1.29 is 14.4 Å². The number of aromatic amines is 1. The van der Waals surface area contributed by atoms with Crippen molar-refractivity contribution in [1.82, 2.24) is 10.3 Å². The second kappa shape index (κ2) is 4.15. The number of aromatic nitrogens is 1. The Morgan fingerprint density at radius 2 is 1.65 bits per heavy atom. The summed E-state index contributed by atoms with van der Waals surface area (Å²) in [6.07, 6.45) is 0. The first-order valence-corrected chi connectivity index (χ1v) is 6.97. The van der Waals surface area contributed by atoms with Crippen LogP contribution in [-0.2, 0) is 4.79 Å². The molecule has 2 aromatic carbocycles. The van der Waals surface area contributed by atoms with E-state index in [4.69, 9.17) is 0 Å². The summed E-state index contributed by atoms with van der Waals surface area (Å²) in [5, 5.41) is 4.09. The van der Waals surface area contributed by atoms with Crippen LogP contribution < -0.4 is 16.2 Å².